The summed E-state index contributed by atoms with van der Waals surface area (Å²) < 4.78 is 0. The minimum atomic E-state index is 0.230. The zero-order valence-electron chi connectivity index (χ0n) is 11.1. The van der Waals surface area contributed by atoms with Crippen molar-refractivity contribution < 1.29 is 0 Å². The fourth-order valence-electron chi connectivity index (χ4n) is 4.10. The summed E-state index contributed by atoms with van der Waals surface area (Å²) in [5, 5.41) is 0. The summed E-state index contributed by atoms with van der Waals surface area (Å²) in [4.78, 5) is 0.546. The lowest BCUT2D eigenvalue weighted by Gasteiger charge is -2.49. The molecule has 0 saturated carbocycles. The van der Waals surface area contributed by atoms with Crippen LogP contribution in [0.15, 0.2) is 48.5 Å². The van der Waals surface area contributed by atoms with Crippen LogP contribution in [0.3, 0.4) is 0 Å². The van der Waals surface area contributed by atoms with Crippen molar-refractivity contribution in [3.05, 3.63) is 70.8 Å². The number of fused-ring (bicyclic) bond motifs is 6. The highest BCUT2D eigenvalue weighted by molar-refractivity contribution is 9.09. The first-order chi connectivity index (χ1) is 9.20. The van der Waals surface area contributed by atoms with Gasteiger partial charge in [-0.15, -0.1) is 0 Å². The second-order valence-electron chi connectivity index (χ2n) is 6.16. The van der Waals surface area contributed by atoms with E-state index in [0.29, 0.717) is 10.7 Å². The smallest absolute Gasteiger partial charge is 0.0315 e. The lowest BCUT2D eigenvalue weighted by Crippen LogP contribution is -2.47. The van der Waals surface area contributed by atoms with Gasteiger partial charge >= 0.3 is 0 Å². The zero-order chi connectivity index (χ0) is 13.0. The quantitative estimate of drug-likeness (QED) is 0.623. The van der Waals surface area contributed by atoms with E-state index in [0.717, 1.165) is 6.42 Å². The highest BCUT2D eigenvalue weighted by Gasteiger charge is 2.48. The summed E-state index contributed by atoms with van der Waals surface area (Å²) >= 11 is 4.03. The Bertz CT molecular complexity index is 646. The summed E-state index contributed by atoms with van der Waals surface area (Å²) in [6.45, 7) is 2.42. The van der Waals surface area contributed by atoms with E-state index < -0.39 is 0 Å². The van der Waals surface area contributed by atoms with Gasteiger partial charge in [0.15, 0.2) is 0 Å². The lowest BCUT2D eigenvalue weighted by molar-refractivity contribution is 0.353. The van der Waals surface area contributed by atoms with Crippen molar-refractivity contribution in [2.24, 2.45) is 0 Å². The number of halogens is 1. The maximum Gasteiger partial charge on any atom is 0.0315 e. The molecule has 0 spiro atoms. The van der Waals surface area contributed by atoms with Gasteiger partial charge in [0.1, 0.15) is 0 Å². The van der Waals surface area contributed by atoms with Crippen LogP contribution in [0.2, 0.25) is 0 Å². The van der Waals surface area contributed by atoms with Crippen molar-refractivity contribution in [1.29, 1.82) is 0 Å². The average molecular weight is 313 g/mol. The van der Waals surface area contributed by atoms with Crippen LogP contribution in [-0.2, 0) is 18.3 Å². The third-order valence-electron chi connectivity index (χ3n) is 5.05. The zero-order valence-corrected chi connectivity index (χ0v) is 12.7. The molecular weight excluding hydrogens is 296 g/mol. The van der Waals surface area contributed by atoms with Gasteiger partial charge in [0.25, 0.3) is 0 Å². The molecule has 2 aliphatic rings. The fourth-order valence-corrected chi connectivity index (χ4v) is 4.98. The number of benzene rings is 2. The van der Waals surface area contributed by atoms with Crippen molar-refractivity contribution in [3.8, 4) is 0 Å². The number of hydrogen-bond acceptors (Lipinski definition) is 0. The first-order valence-corrected chi connectivity index (χ1v) is 7.92. The van der Waals surface area contributed by atoms with Crippen LogP contribution in [0.25, 0.3) is 0 Å². The van der Waals surface area contributed by atoms with Crippen LogP contribution in [0.1, 0.15) is 35.1 Å². The molecule has 1 heteroatoms. The molecule has 0 N–H and O–H groups in total. The molecule has 0 amide bonds. The molecule has 96 valence electrons. The molecule has 19 heavy (non-hydrogen) atoms. The van der Waals surface area contributed by atoms with Crippen molar-refractivity contribution in [2.45, 2.75) is 35.9 Å². The van der Waals surface area contributed by atoms with Gasteiger partial charge in [-0.1, -0.05) is 71.4 Å². The van der Waals surface area contributed by atoms with Gasteiger partial charge in [0.2, 0.25) is 0 Å². The second kappa shape index (κ2) is 3.96. The molecule has 0 nitrogen and oxygen atoms in total. The summed E-state index contributed by atoms with van der Waals surface area (Å²) in [6, 6.07) is 18.0. The van der Waals surface area contributed by atoms with Crippen molar-refractivity contribution in [2.75, 3.05) is 0 Å². The monoisotopic (exact) mass is 312 g/mol. The van der Waals surface area contributed by atoms with Crippen LogP contribution >= 0.6 is 15.9 Å². The SMILES string of the molecule is CC12Cc3ccccc3C(Cc3ccccc31)C2Br. The Morgan fingerprint density at radius 2 is 1.68 bits per heavy atom. The standard InChI is InChI=1S/C18H17Br/c1-18-11-13-7-2-4-8-14(13)15(17(18)19)10-12-6-3-5-9-16(12)18/h2-9,15,17H,10-11H2,1H3. The first-order valence-electron chi connectivity index (χ1n) is 7.00. The van der Waals surface area contributed by atoms with E-state index in [4.69, 9.17) is 0 Å². The summed E-state index contributed by atoms with van der Waals surface area (Å²) in [5.74, 6) is 0.616. The molecule has 3 unspecified atom stereocenters. The summed E-state index contributed by atoms with van der Waals surface area (Å²) in [6.07, 6.45) is 2.31. The third kappa shape index (κ3) is 1.51. The molecule has 0 heterocycles. The molecular formula is C18H17Br. The maximum atomic E-state index is 4.03. The van der Waals surface area contributed by atoms with Crippen molar-refractivity contribution in [3.63, 3.8) is 0 Å². The van der Waals surface area contributed by atoms with Crippen LogP contribution in [0.4, 0.5) is 0 Å². The Kier molecular flexibility index (Phi) is 2.44. The van der Waals surface area contributed by atoms with Gasteiger partial charge in [0.05, 0.1) is 0 Å². The van der Waals surface area contributed by atoms with E-state index in [1.54, 1.807) is 22.3 Å². The molecule has 2 aromatic rings. The van der Waals surface area contributed by atoms with Crippen LogP contribution in [0.5, 0.6) is 0 Å². The molecule has 0 aliphatic heterocycles. The molecule has 0 fully saturated rings. The topological polar surface area (TPSA) is 0 Å². The Labute approximate surface area is 123 Å². The lowest BCUT2D eigenvalue weighted by atomic mass is 9.59. The van der Waals surface area contributed by atoms with Crippen LogP contribution < -0.4 is 0 Å². The van der Waals surface area contributed by atoms with E-state index >= 15 is 0 Å². The number of hydrogen-bond donors (Lipinski definition) is 0. The third-order valence-corrected chi connectivity index (χ3v) is 6.70. The summed E-state index contributed by atoms with van der Waals surface area (Å²) in [7, 11) is 0. The van der Waals surface area contributed by atoms with E-state index in [1.165, 1.54) is 6.42 Å². The molecule has 3 atom stereocenters. The minimum Gasteiger partial charge on any atom is -0.0874 e. The molecule has 0 saturated heterocycles. The van der Waals surface area contributed by atoms with Gasteiger partial charge in [-0.25, -0.2) is 0 Å². The number of alkyl halides is 1. The Balaban J connectivity index is 1.97. The second-order valence-corrected chi connectivity index (χ2v) is 7.15. The highest BCUT2D eigenvalue weighted by atomic mass is 79.9. The van der Waals surface area contributed by atoms with Gasteiger partial charge in [-0.3, -0.25) is 0 Å². The normalized spacial score (nSPS) is 31.5. The van der Waals surface area contributed by atoms with Crippen molar-refractivity contribution in [1.82, 2.24) is 0 Å². The van der Waals surface area contributed by atoms with Gasteiger partial charge in [0, 0.05) is 16.2 Å². The van der Waals surface area contributed by atoms with Gasteiger partial charge in [-0.05, 0) is 35.1 Å². The molecule has 0 aromatic heterocycles. The Hall–Kier alpha value is -1.08. The maximum absolute atomic E-state index is 4.03. The number of rotatable bonds is 0. The molecule has 2 aliphatic carbocycles. The first kappa shape index (κ1) is 11.7. The van der Waals surface area contributed by atoms with E-state index in [9.17, 15) is 0 Å². The fraction of sp³-hybridized carbons (Fsp3) is 0.333. The average Bonchev–Trinajstić information content (AvgIpc) is 2.42. The Morgan fingerprint density at radius 1 is 1.00 bits per heavy atom. The molecule has 2 aromatic carbocycles. The molecule has 0 radical (unpaired) electrons. The van der Waals surface area contributed by atoms with E-state index in [1.807, 2.05) is 0 Å². The van der Waals surface area contributed by atoms with E-state index in [-0.39, 0.29) is 5.41 Å². The van der Waals surface area contributed by atoms with Crippen LogP contribution in [0, 0.1) is 0 Å². The van der Waals surface area contributed by atoms with Gasteiger partial charge in [-0.2, -0.15) is 0 Å². The largest absolute Gasteiger partial charge is 0.0874 e. The molecule has 4 rings (SSSR count). The molecule has 2 bridgehead atoms. The predicted octanol–water partition coefficient (Wildman–Crippen LogP) is 4.60. The van der Waals surface area contributed by atoms with Gasteiger partial charge < -0.3 is 0 Å². The minimum absolute atomic E-state index is 0.230. The van der Waals surface area contributed by atoms with Crippen LogP contribution in [-0.4, -0.2) is 4.83 Å². The Morgan fingerprint density at radius 3 is 2.53 bits per heavy atom. The van der Waals surface area contributed by atoms with Crippen molar-refractivity contribution >= 4 is 15.9 Å². The van der Waals surface area contributed by atoms with E-state index in [2.05, 4.69) is 71.4 Å². The predicted molar refractivity (Wildman–Crippen MR) is 83.1 cm³/mol. The highest BCUT2D eigenvalue weighted by Crippen LogP contribution is 2.53. The summed E-state index contributed by atoms with van der Waals surface area (Å²) in [5.41, 5.74) is 6.41.